The Balaban J connectivity index is 1.47. The first-order valence-corrected chi connectivity index (χ1v) is 10.0. The van der Waals surface area contributed by atoms with Crippen LogP contribution in [0.5, 0.6) is 0 Å². The largest absolute Gasteiger partial charge is 0.393 e. The summed E-state index contributed by atoms with van der Waals surface area (Å²) in [6.07, 6.45) is 3.53. The molecule has 0 atom stereocenters. The number of halogens is 1. The zero-order valence-corrected chi connectivity index (χ0v) is 16.0. The van der Waals surface area contributed by atoms with Gasteiger partial charge in [-0.3, -0.25) is 0 Å². The molecule has 0 amide bonds. The molecule has 7 heteroatoms. The number of nitrogens with zero attached hydrogens (tertiary/aromatic N) is 2. The molecule has 3 aromatic rings. The van der Waals surface area contributed by atoms with Gasteiger partial charge < -0.3 is 15.7 Å². The van der Waals surface area contributed by atoms with Crippen molar-refractivity contribution in [3.63, 3.8) is 0 Å². The number of aromatic nitrogens is 2. The maximum Gasteiger partial charge on any atom is 0.189 e. The van der Waals surface area contributed by atoms with E-state index in [4.69, 9.17) is 0 Å². The molecule has 0 radical (unpaired) electrons. The van der Waals surface area contributed by atoms with Crippen molar-refractivity contribution >= 4 is 54.3 Å². The number of aliphatic hydroxyl groups is 1. The summed E-state index contributed by atoms with van der Waals surface area (Å²) >= 11 is 5.10. The second-order valence-electron chi connectivity index (χ2n) is 6.31. The Morgan fingerprint density at radius 3 is 2.68 bits per heavy atom. The van der Waals surface area contributed by atoms with E-state index in [2.05, 4.69) is 42.6 Å². The van der Waals surface area contributed by atoms with Crippen LogP contribution in [0.1, 0.15) is 25.7 Å². The quantitative estimate of drug-likeness (QED) is 0.561. The van der Waals surface area contributed by atoms with Gasteiger partial charge in [0.05, 0.1) is 16.3 Å². The van der Waals surface area contributed by atoms with Crippen LogP contribution in [0.15, 0.2) is 40.9 Å². The van der Waals surface area contributed by atoms with Crippen LogP contribution in [0.2, 0.25) is 0 Å². The third kappa shape index (κ3) is 4.11. The van der Waals surface area contributed by atoms with Crippen molar-refractivity contribution in [2.75, 3.05) is 10.6 Å². The maximum absolute atomic E-state index is 9.62. The average Bonchev–Trinajstić information content (AvgIpc) is 2.98. The molecule has 1 aromatic carbocycles. The van der Waals surface area contributed by atoms with E-state index in [9.17, 15) is 5.11 Å². The summed E-state index contributed by atoms with van der Waals surface area (Å²) in [7, 11) is 0. The van der Waals surface area contributed by atoms with Gasteiger partial charge in [0.15, 0.2) is 5.13 Å². The number of aliphatic hydroxyl groups excluding tert-OH is 1. The Hall–Kier alpha value is -1.70. The van der Waals surface area contributed by atoms with Crippen molar-refractivity contribution in [3.05, 3.63) is 40.9 Å². The van der Waals surface area contributed by atoms with Crippen molar-refractivity contribution < 1.29 is 5.11 Å². The lowest BCUT2D eigenvalue weighted by Crippen LogP contribution is -2.28. The second-order valence-corrected chi connectivity index (χ2v) is 8.26. The Labute approximate surface area is 158 Å². The molecule has 0 unspecified atom stereocenters. The molecule has 4 rings (SSSR count). The zero-order valence-electron chi connectivity index (χ0n) is 13.6. The standard InChI is InChI=1S/C18H19BrN4OS/c19-11-4-9-14-15(10-11)25-18(21-14)23-17-3-1-2-16(22-17)20-12-5-7-13(24)8-6-12/h1-4,9-10,12-13,24H,5-8H2,(H2,20,21,22,23)/t12-,13-. The summed E-state index contributed by atoms with van der Waals surface area (Å²) in [4.78, 5) is 9.24. The van der Waals surface area contributed by atoms with E-state index in [-0.39, 0.29) is 6.10 Å². The van der Waals surface area contributed by atoms with Crippen molar-refractivity contribution in [3.8, 4) is 0 Å². The fourth-order valence-electron chi connectivity index (χ4n) is 3.08. The third-order valence-electron chi connectivity index (χ3n) is 4.38. The number of benzene rings is 1. The summed E-state index contributed by atoms with van der Waals surface area (Å²) in [5.74, 6) is 1.63. The third-order valence-corrected chi connectivity index (χ3v) is 5.81. The van der Waals surface area contributed by atoms with Crippen molar-refractivity contribution in [1.29, 1.82) is 0 Å². The van der Waals surface area contributed by atoms with Crippen molar-refractivity contribution in [2.24, 2.45) is 0 Å². The highest BCUT2D eigenvalue weighted by Crippen LogP contribution is 2.30. The smallest absolute Gasteiger partial charge is 0.189 e. The molecule has 0 saturated heterocycles. The molecule has 2 aromatic heterocycles. The van der Waals surface area contributed by atoms with Crippen molar-refractivity contribution in [2.45, 2.75) is 37.8 Å². The summed E-state index contributed by atoms with van der Waals surface area (Å²) in [5, 5.41) is 17.2. The lowest BCUT2D eigenvalue weighted by molar-refractivity contribution is 0.126. The highest BCUT2D eigenvalue weighted by molar-refractivity contribution is 9.10. The van der Waals surface area contributed by atoms with E-state index in [1.807, 2.05) is 30.3 Å². The van der Waals surface area contributed by atoms with Crippen LogP contribution < -0.4 is 10.6 Å². The molecule has 130 valence electrons. The average molecular weight is 419 g/mol. The molecule has 25 heavy (non-hydrogen) atoms. The molecular weight excluding hydrogens is 400 g/mol. The maximum atomic E-state index is 9.62. The fourth-order valence-corrected chi connectivity index (χ4v) is 4.50. The molecule has 0 bridgehead atoms. The highest BCUT2D eigenvalue weighted by Gasteiger charge is 2.19. The molecule has 1 saturated carbocycles. The van der Waals surface area contributed by atoms with Gasteiger partial charge in [-0.05, 0) is 56.0 Å². The number of rotatable bonds is 4. The summed E-state index contributed by atoms with van der Waals surface area (Å²) in [6.45, 7) is 0. The Kier molecular flexibility index (Phi) is 4.87. The van der Waals surface area contributed by atoms with E-state index in [0.29, 0.717) is 6.04 Å². The van der Waals surface area contributed by atoms with Gasteiger partial charge in [-0.2, -0.15) is 0 Å². The second kappa shape index (κ2) is 7.27. The predicted molar refractivity (Wildman–Crippen MR) is 107 cm³/mol. The van der Waals surface area contributed by atoms with Gasteiger partial charge in [0, 0.05) is 10.5 Å². The minimum atomic E-state index is -0.141. The van der Waals surface area contributed by atoms with Gasteiger partial charge in [0.2, 0.25) is 0 Å². The highest BCUT2D eigenvalue weighted by atomic mass is 79.9. The van der Waals surface area contributed by atoms with Crippen LogP contribution in [0.4, 0.5) is 16.8 Å². The van der Waals surface area contributed by atoms with E-state index >= 15 is 0 Å². The SMILES string of the molecule is O[C@H]1CC[C@H](Nc2cccc(Nc3nc4ccc(Br)cc4s3)n2)CC1. The van der Waals surface area contributed by atoms with Crippen LogP contribution >= 0.6 is 27.3 Å². The van der Waals surface area contributed by atoms with Gasteiger partial charge in [-0.1, -0.05) is 33.3 Å². The molecule has 0 spiro atoms. The lowest BCUT2D eigenvalue weighted by Gasteiger charge is -2.26. The first kappa shape index (κ1) is 16.8. The van der Waals surface area contributed by atoms with Gasteiger partial charge >= 0.3 is 0 Å². The van der Waals surface area contributed by atoms with E-state index in [1.165, 1.54) is 0 Å². The molecule has 1 aliphatic rings. The molecular formula is C18H19BrN4OS. The lowest BCUT2D eigenvalue weighted by atomic mass is 9.93. The molecule has 1 aliphatic carbocycles. The van der Waals surface area contributed by atoms with Gasteiger partial charge in [0.25, 0.3) is 0 Å². The van der Waals surface area contributed by atoms with Crippen LogP contribution in [-0.2, 0) is 0 Å². The zero-order chi connectivity index (χ0) is 17.2. The molecule has 3 N–H and O–H groups in total. The minimum absolute atomic E-state index is 0.141. The molecule has 5 nitrogen and oxygen atoms in total. The number of hydrogen-bond donors (Lipinski definition) is 3. The number of hydrogen-bond acceptors (Lipinski definition) is 6. The van der Waals surface area contributed by atoms with Crippen molar-refractivity contribution in [1.82, 2.24) is 9.97 Å². The number of anilines is 3. The number of thiazole rings is 1. The number of nitrogens with one attached hydrogen (secondary N) is 2. The van der Waals surface area contributed by atoms with Gasteiger partial charge in [0.1, 0.15) is 11.6 Å². The molecule has 2 heterocycles. The van der Waals surface area contributed by atoms with Crippen LogP contribution in [-0.4, -0.2) is 27.2 Å². The first-order chi connectivity index (χ1) is 12.2. The van der Waals surface area contributed by atoms with Gasteiger partial charge in [-0.15, -0.1) is 0 Å². The van der Waals surface area contributed by atoms with E-state index in [1.54, 1.807) is 11.3 Å². The first-order valence-electron chi connectivity index (χ1n) is 8.40. The van der Waals surface area contributed by atoms with Crippen LogP contribution in [0, 0.1) is 0 Å². The van der Waals surface area contributed by atoms with E-state index < -0.39 is 0 Å². The molecule has 1 fully saturated rings. The Morgan fingerprint density at radius 1 is 1.04 bits per heavy atom. The van der Waals surface area contributed by atoms with Crippen LogP contribution in [0.3, 0.4) is 0 Å². The Morgan fingerprint density at radius 2 is 1.84 bits per heavy atom. The molecule has 0 aliphatic heterocycles. The summed E-state index contributed by atoms with van der Waals surface area (Å²) in [6, 6.07) is 12.4. The monoisotopic (exact) mass is 418 g/mol. The minimum Gasteiger partial charge on any atom is -0.393 e. The number of pyridine rings is 1. The topological polar surface area (TPSA) is 70.1 Å². The summed E-state index contributed by atoms with van der Waals surface area (Å²) < 4.78 is 2.18. The normalized spacial score (nSPS) is 20.6. The summed E-state index contributed by atoms with van der Waals surface area (Å²) in [5.41, 5.74) is 0.978. The fraction of sp³-hybridized carbons (Fsp3) is 0.333. The Bertz CT molecular complexity index is 876. The predicted octanol–water partition coefficient (Wildman–Crippen LogP) is 4.91. The van der Waals surface area contributed by atoms with Gasteiger partial charge in [-0.25, -0.2) is 9.97 Å². The van der Waals surface area contributed by atoms with E-state index in [0.717, 1.165) is 57.1 Å². The number of fused-ring (bicyclic) bond motifs is 1. The van der Waals surface area contributed by atoms with Crippen LogP contribution in [0.25, 0.3) is 10.2 Å².